The summed E-state index contributed by atoms with van der Waals surface area (Å²) in [5.41, 5.74) is 3.61. The molecular formula is C28H29FN2O3. The van der Waals surface area contributed by atoms with E-state index in [0.717, 1.165) is 23.1 Å². The number of amides is 2. The maximum absolute atomic E-state index is 13.6. The molecule has 176 valence electrons. The van der Waals surface area contributed by atoms with Gasteiger partial charge in [0.05, 0.1) is 6.04 Å². The summed E-state index contributed by atoms with van der Waals surface area (Å²) in [6.45, 7) is 4.34. The van der Waals surface area contributed by atoms with Crippen molar-refractivity contribution in [1.82, 2.24) is 4.90 Å². The molecule has 0 aliphatic carbocycles. The lowest BCUT2D eigenvalue weighted by molar-refractivity contribution is -0.133. The molecule has 3 aromatic rings. The summed E-state index contributed by atoms with van der Waals surface area (Å²) in [5.74, 6) is 0.0661. The molecule has 0 bridgehead atoms. The maximum Gasteiger partial charge on any atom is 0.265 e. The van der Waals surface area contributed by atoms with Crippen LogP contribution in [0.15, 0.2) is 72.8 Å². The number of hydrogen-bond donors (Lipinski definition) is 1. The number of carbonyl (C=O) groups is 2. The molecule has 5 nitrogen and oxygen atoms in total. The molecule has 1 heterocycles. The van der Waals surface area contributed by atoms with Crippen LogP contribution in [0.5, 0.6) is 5.75 Å². The summed E-state index contributed by atoms with van der Waals surface area (Å²) in [6.07, 6.45) is 0.947. The smallest absolute Gasteiger partial charge is 0.265 e. The van der Waals surface area contributed by atoms with Crippen molar-refractivity contribution in [2.75, 3.05) is 11.9 Å². The largest absolute Gasteiger partial charge is 0.481 e. The first kappa shape index (κ1) is 23.5. The predicted octanol–water partition coefficient (Wildman–Crippen LogP) is 5.51. The minimum absolute atomic E-state index is 0.0416. The number of anilines is 1. The van der Waals surface area contributed by atoms with Crippen LogP contribution < -0.4 is 10.1 Å². The van der Waals surface area contributed by atoms with Gasteiger partial charge in [0.25, 0.3) is 5.91 Å². The van der Waals surface area contributed by atoms with Crippen LogP contribution in [0.2, 0.25) is 0 Å². The van der Waals surface area contributed by atoms with E-state index < -0.39 is 6.10 Å². The zero-order valence-corrected chi connectivity index (χ0v) is 19.5. The van der Waals surface area contributed by atoms with Crippen molar-refractivity contribution in [2.24, 2.45) is 0 Å². The summed E-state index contributed by atoms with van der Waals surface area (Å²) < 4.78 is 19.7. The van der Waals surface area contributed by atoms with Crippen molar-refractivity contribution in [1.29, 1.82) is 0 Å². The third-order valence-corrected chi connectivity index (χ3v) is 6.14. The lowest BCUT2D eigenvalue weighted by Crippen LogP contribution is -2.40. The fourth-order valence-electron chi connectivity index (χ4n) is 4.37. The van der Waals surface area contributed by atoms with Gasteiger partial charge in [-0.05, 0) is 65.9 Å². The molecule has 2 amide bonds. The number of hydrogen-bond acceptors (Lipinski definition) is 3. The lowest BCUT2D eigenvalue weighted by Gasteiger charge is -2.38. The number of ether oxygens (including phenoxy) is 1. The Morgan fingerprint density at radius 2 is 1.79 bits per heavy atom. The monoisotopic (exact) mass is 460 g/mol. The second-order valence-electron chi connectivity index (χ2n) is 8.38. The highest BCUT2D eigenvalue weighted by Crippen LogP contribution is 2.37. The van der Waals surface area contributed by atoms with E-state index in [9.17, 15) is 14.0 Å². The average molecular weight is 461 g/mol. The topological polar surface area (TPSA) is 58.6 Å². The number of benzene rings is 3. The highest BCUT2D eigenvalue weighted by molar-refractivity contribution is 5.94. The van der Waals surface area contributed by atoms with Crippen LogP contribution in [-0.4, -0.2) is 29.4 Å². The van der Waals surface area contributed by atoms with E-state index in [4.69, 9.17) is 4.74 Å². The Labute approximate surface area is 199 Å². The Morgan fingerprint density at radius 1 is 1.06 bits per heavy atom. The maximum atomic E-state index is 13.6. The molecule has 2 atom stereocenters. The fraction of sp³-hybridized carbons (Fsp3) is 0.286. The van der Waals surface area contributed by atoms with E-state index in [1.54, 1.807) is 12.1 Å². The van der Waals surface area contributed by atoms with Gasteiger partial charge in [-0.3, -0.25) is 9.59 Å². The molecule has 0 saturated carbocycles. The number of nitrogens with zero attached hydrogens (tertiary/aromatic N) is 1. The molecule has 6 heteroatoms. The lowest BCUT2D eigenvalue weighted by atomic mass is 9.87. The Balaban J connectivity index is 1.63. The highest BCUT2D eigenvalue weighted by Gasteiger charge is 2.32. The quantitative estimate of drug-likeness (QED) is 0.506. The third kappa shape index (κ3) is 5.11. The molecule has 1 aliphatic heterocycles. The van der Waals surface area contributed by atoms with Crippen molar-refractivity contribution < 1.29 is 18.7 Å². The van der Waals surface area contributed by atoms with E-state index in [2.05, 4.69) is 5.32 Å². The van der Waals surface area contributed by atoms with Gasteiger partial charge in [-0.1, -0.05) is 50.2 Å². The van der Waals surface area contributed by atoms with E-state index >= 15 is 0 Å². The summed E-state index contributed by atoms with van der Waals surface area (Å²) in [6, 6.07) is 21.0. The summed E-state index contributed by atoms with van der Waals surface area (Å²) in [7, 11) is 0. The van der Waals surface area contributed by atoms with Crippen molar-refractivity contribution in [3.05, 3.63) is 95.3 Å². The van der Waals surface area contributed by atoms with Crippen LogP contribution in [-0.2, 0) is 16.0 Å². The predicted molar refractivity (Wildman–Crippen MR) is 130 cm³/mol. The van der Waals surface area contributed by atoms with Gasteiger partial charge in [-0.15, -0.1) is 0 Å². The minimum atomic E-state index is -0.667. The van der Waals surface area contributed by atoms with Crippen molar-refractivity contribution >= 4 is 17.5 Å². The van der Waals surface area contributed by atoms with Gasteiger partial charge < -0.3 is 15.0 Å². The van der Waals surface area contributed by atoms with Crippen molar-refractivity contribution in [2.45, 2.75) is 45.3 Å². The molecule has 1 N–H and O–H groups in total. The first-order valence-corrected chi connectivity index (χ1v) is 11.7. The normalized spacial score (nSPS) is 15.9. The Bertz CT molecular complexity index is 1150. The van der Waals surface area contributed by atoms with Crippen LogP contribution in [0.3, 0.4) is 0 Å². The van der Waals surface area contributed by atoms with Crippen LogP contribution >= 0.6 is 0 Å². The number of para-hydroxylation sites is 1. The standard InChI is InChI=1S/C28H29FN2O3/c1-3-25(28(33)30-22-8-6-5-7-9-22)34-23-15-12-19-16-17-31(26(32)4-2)27(24(19)18-23)20-10-13-21(29)14-11-20/h5-15,18,25,27H,3-4,16-17H2,1-2H3,(H,30,33). The summed E-state index contributed by atoms with van der Waals surface area (Å²) in [4.78, 5) is 27.4. The van der Waals surface area contributed by atoms with Crippen molar-refractivity contribution in [3.63, 3.8) is 0 Å². The van der Waals surface area contributed by atoms with Gasteiger partial charge in [0.15, 0.2) is 6.10 Å². The molecule has 1 aliphatic rings. The molecule has 0 radical (unpaired) electrons. The second kappa shape index (κ2) is 10.5. The number of nitrogens with one attached hydrogen (secondary N) is 1. The van der Waals surface area contributed by atoms with Gasteiger partial charge >= 0.3 is 0 Å². The number of rotatable bonds is 7. The molecule has 0 fully saturated rings. The Morgan fingerprint density at radius 3 is 2.47 bits per heavy atom. The molecule has 4 rings (SSSR count). The van der Waals surface area contributed by atoms with Crippen molar-refractivity contribution in [3.8, 4) is 5.75 Å². The first-order chi connectivity index (χ1) is 16.5. The molecule has 0 saturated heterocycles. The first-order valence-electron chi connectivity index (χ1n) is 11.7. The number of fused-ring (bicyclic) bond motifs is 1. The van der Waals surface area contributed by atoms with Crippen LogP contribution in [0, 0.1) is 5.82 Å². The summed E-state index contributed by atoms with van der Waals surface area (Å²) >= 11 is 0. The zero-order valence-electron chi connectivity index (χ0n) is 19.5. The Kier molecular flexibility index (Phi) is 7.26. The third-order valence-electron chi connectivity index (χ3n) is 6.14. The van der Waals surface area contributed by atoms with E-state index in [-0.39, 0.29) is 23.7 Å². The Hall–Kier alpha value is -3.67. The summed E-state index contributed by atoms with van der Waals surface area (Å²) in [5, 5.41) is 2.89. The van der Waals surface area contributed by atoms with E-state index in [1.165, 1.54) is 12.1 Å². The molecule has 2 unspecified atom stereocenters. The van der Waals surface area contributed by atoms with Crippen LogP contribution in [0.25, 0.3) is 0 Å². The van der Waals surface area contributed by atoms with Gasteiger partial charge in [0.2, 0.25) is 5.91 Å². The van der Waals surface area contributed by atoms with Gasteiger partial charge in [-0.25, -0.2) is 4.39 Å². The second-order valence-corrected chi connectivity index (χ2v) is 8.38. The number of halogens is 1. The van der Waals surface area contributed by atoms with Gasteiger partial charge in [0.1, 0.15) is 11.6 Å². The minimum Gasteiger partial charge on any atom is -0.481 e. The number of carbonyl (C=O) groups excluding carboxylic acids is 2. The highest BCUT2D eigenvalue weighted by atomic mass is 19.1. The van der Waals surface area contributed by atoms with Gasteiger partial charge in [0, 0.05) is 18.7 Å². The van der Waals surface area contributed by atoms with E-state index in [0.29, 0.717) is 30.8 Å². The molecule has 34 heavy (non-hydrogen) atoms. The van der Waals surface area contributed by atoms with Crippen LogP contribution in [0.4, 0.5) is 10.1 Å². The molecular weight excluding hydrogens is 431 g/mol. The average Bonchev–Trinajstić information content (AvgIpc) is 2.87. The fourth-order valence-corrected chi connectivity index (χ4v) is 4.37. The van der Waals surface area contributed by atoms with Gasteiger partial charge in [-0.2, -0.15) is 0 Å². The van der Waals surface area contributed by atoms with E-state index in [1.807, 2.05) is 67.3 Å². The molecule has 0 aromatic heterocycles. The zero-order chi connectivity index (χ0) is 24.1. The molecule has 3 aromatic carbocycles. The SMILES string of the molecule is CCC(=O)N1CCc2ccc(OC(CC)C(=O)Nc3ccccc3)cc2C1c1ccc(F)cc1. The van der Waals surface area contributed by atoms with Crippen LogP contribution in [0.1, 0.15) is 49.4 Å². The molecule has 0 spiro atoms.